The van der Waals surface area contributed by atoms with Gasteiger partial charge in [0.1, 0.15) is 11.6 Å². The van der Waals surface area contributed by atoms with E-state index in [0.29, 0.717) is 25.3 Å². The van der Waals surface area contributed by atoms with E-state index in [2.05, 4.69) is 37.2 Å². The molecule has 27 heavy (non-hydrogen) atoms. The normalized spacial score (nSPS) is 16.0. The number of rotatable bonds is 6. The minimum atomic E-state index is 0.00434. The minimum absolute atomic E-state index is 0.00434. The van der Waals surface area contributed by atoms with Gasteiger partial charge in [0, 0.05) is 30.8 Å². The monoisotopic (exact) mass is 366 g/mol. The first-order valence-electron chi connectivity index (χ1n) is 9.60. The Balaban J connectivity index is 1.24. The number of hydrogen-bond acceptors (Lipinski definition) is 4. The third-order valence-corrected chi connectivity index (χ3v) is 5.23. The molecule has 1 fully saturated rings. The van der Waals surface area contributed by atoms with Gasteiger partial charge in [-0.3, -0.25) is 4.79 Å². The van der Waals surface area contributed by atoms with Crippen molar-refractivity contribution in [2.24, 2.45) is 0 Å². The molecule has 0 unspecified atom stereocenters. The van der Waals surface area contributed by atoms with Crippen molar-refractivity contribution in [2.75, 3.05) is 26.7 Å². The molecule has 1 aliphatic rings. The van der Waals surface area contributed by atoms with Crippen molar-refractivity contribution in [3.05, 3.63) is 47.8 Å². The van der Waals surface area contributed by atoms with E-state index in [1.807, 2.05) is 24.3 Å². The Hall–Kier alpha value is -2.67. The molecule has 1 saturated heterocycles. The van der Waals surface area contributed by atoms with Crippen LogP contribution in [0.25, 0.3) is 11.0 Å². The predicted molar refractivity (Wildman–Crippen MR) is 105 cm³/mol. The summed E-state index contributed by atoms with van der Waals surface area (Å²) in [6.45, 7) is 2.76. The van der Waals surface area contributed by atoms with E-state index in [1.165, 1.54) is 0 Å². The molecule has 7 nitrogen and oxygen atoms in total. The van der Waals surface area contributed by atoms with Gasteiger partial charge in [0.05, 0.1) is 17.5 Å². The number of benzene rings is 1. The van der Waals surface area contributed by atoms with E-state index in [4.69, 9.17) is 0 Å². The van der Waals surface area contributed by atoms with Gasteiger partial charge in [-0.05, 0) is 45.1 Å². The van der Waals surface area contributed by atoms with E-state index < -0.39 is 0 Å². The van der Waals surface area contributed by atoms with Crippen LogP contribution in [-0.2, 0) is 17.6 Å². The standard InChI is InChI=1S/C20H26N6O/c1-26-10-7-14(8-11-26)20-22-13-15(23-20)12-19(27)21-9-6-18-24-16-4-2-3-5-17(16)25-18/h2-5,13-14H,6-12H2,1H3,(H,21,27)(H,22,23)(H,24,25). The van der Waals surface area contributed by atoms with Gasteiger partial charge >= 0.3 is 0 Å². The van der Waals surface area contributed by atoms with Crippen molar-refractivity contribution >= 4 is 16.9 Å². The van der Waals surface area contributed by atoms with Gasteiger partial charge in [-0.1, -0.05) is 12.1 Å². The van der Waals surface area contributed by atoms with Gasteiger partial charge < -0.3 is 20.2 Å². The highest BCUT2D eigenvalue weighted by Gasteiger charge is 2.21. The molecule has 142 valence electrons. The summed E-state index contributed by atoms with van der Waals surface area (Å²) in [5.74, 6) is 2.39. The van der Waals surface area contributed by atoms with Gasteiger partial charge in [-0.2, -0.15) is 0 Å². The number of carbonyl (C=O) groups excluding carboxylic acids is 1. The van der Waals surface area contributed by atoms with Crippen molar-refractivity contribution in [1.29, 1.82) is 0 Å². The summed E-state index contributed by atoms with van der Waals surface area (Å²) < 4.78 is 0. The van der Waals surface area contributed by atoms with Gasteiger partial charge in [-0.25, -0.2) is 9.97 Å². The number of likely N-dealkylation sites (tertiary alicyclic amines) is 1. The number of aromatic amines is 2. The van der Waals surface area contributed by atoms with Crippen molar-refractivity contribution in [1.82, 2.24) is 30.2 Å². The van der Waals surface area contributed by atoms with E-state index >= 15 is 0 Å². The molecule has 3 N–H and O–H groups in total. The van der Waals surface area contributed by atoms with E-state index in [1.54, 1.807) is 6.20 Å². The lowest BCUT2D eigenvalue weighted by Gasteiger charge is -2.27. The SMILES string of the molecule is CN1CCC(c2ncc(CC(=O)NCCc3nc4ccccc4[nH]3)[nH]2)CC1. The fraction of sp³-hybridized carbons (Fsp3) is 0.450. The molecule has 0 radical (unpaired) electrons. The first kappa shape index (κ1) is 17.7. The molecule has 0 spiro atoms. The highest BCUT2D eigenvalue weighted by atomic mass is 16.1. The average Bonchev–Trinajstić information content (AvgIpc) is 3.29. The molecule has 0 aliphatic carbocycles. The molecule has 0 bridgehead atoms. The number of nitrogens with one attached hydrogen (secondary N) is 3. The fourth-order valence-electron chi connectivity index (χ4n) is 3.64. The Morgan fingerprint density at radius 3 is 2.89 bits per heavy atom. The predicted octanol–water partition coefficient (Wildman–Crippen LogP) is 2.00. The van der Waals surface area contributed by atoms with Crippen LogP contribution < -0.4 is 5.32 Å². The molecular weight excluding hydrogens is 340 g/mol. The lowest BCUT2D eigenvalue weighted by atomic mass is 9.97. The fourth-order valence-corrected chi connectivity index (χ4v) is 3.64. The molecule has 3 heterocycles. The summed E-state index contributed by atoms with van der Waals surface area (Å²) in [6.07, 6.45) is 5.05. The first-order valence-corrected chi connectivity index (χ1v) is 9.60. The van der Waals surface area contributed by atoms with Crippen LogP contribution in [0, 0.1) is 0 Å². The summed E-state index contributed by atoms with van der Waals surface area (Å²) in [6, 6.07) is 7.94. The lowest BCUT2D eigenvalue weighted by molar-refractivity contribution is -0.120. The van der Waals surface area contributed by atoms with Crippen LogP contribution in [0.15, 0.2) is 30.5 Å². The zero-order valence-electron chi connectivity index (χ0n) is 15.7. The van der Waals surface area contributed by atoms with Crippen LogP contribution in [0.2, 0.25) is 0 Å². The van der Waals surface area contributed by atoms with E-state index in [0.717, 1.165) is 54.3 Å². The van der Waals surface area contributed by atoms with Crippen LogP contribution in [0.3, 0.4) is 0 Å². The topological polar surface area (TPSA) is 89.7 Å². The van der Waals surface area contributed by atoms with Crippen molar-refractivity contribution in [3.63, 3.8) is 0 Å². The van der Waals surface area contributed by atoms with E-state index in [-0.39, 0.29) is 5.91 Å². The van der Waals surface area contributed by atoms with Crippen molar-refractivity contribution < 1.29 is 4.79 Å². The second-order valence-electron chi connectivity index (χ2n) is 7.35. The van der Waals surface area contributed by atoms with Crippen LogP contribution in [0.1, 0.15) is 36.1 Å². The minimum Gasteiger partial charge on any atom is -0.355 e. The maximum Gasteiger partial charge on any atom is 0.226 e. The lowest BCUT2D eigenvalue weighted by Crippen LogP contribution is -2.29. The van der Waals surface area contributed by atoms with Crippen LogP contribution >= 0.6 is 0 Å². The Kier molecular flexibility index (Phi) is 5.20. The summed E-state index contributed by atoms with van der Waals surface area (Å²) in [5, 5.41) is 2.97. The smallest absolute Gasteiger partial charge is 0.226 e. The number of imidazole rings is 2. The molecule has 0 atom stereocenters. The summed E-state index contributed by atoms with van der Waals surface area (Å²) in [5.41, 5.74) is 2.86. The molecule has 1 aliphatic heterocycles. The number of amides is 1. The number of H-pyrrole nitrogens is 2. The Labute approximate surface area is 158 Å². The van der Waals surface area contributed by atoms with Crippen LogP contribution in [0.5, 0.6) is 0 Å². The Bertz CT molecular complexity index is 873. The molecule has 2 aromatic heterocycles. The number of carbonyl (C=O) groups is 1. The number of piperidine rings is 1. The summed E-state index contributed by atoms with van der Waals surface area (Å²) >= 11 is 0. The Morgan fingerprint density at radius 2 is 2.07 bits per heavy atom. The van der Waals surface area contributed by atoms with Gasteiger partial charge in [0.25, 0.3) is 0 Å². The van der Waals surface area contributed by atoms with E-state index in [9.17, 15) is 4.79 Å². The number of aromatic nitrogens is 4. The quantitative estimate of drug-likeness (QED) is 0.622. The molecular formula is C20H26N6O. The Morgan fingerprint density at radius 1 is 1.26 bits per heavy atom. The van der Waals surface area contributed by atoms with Crippen molar-refractivity contribution in [2.45, 2.75) is 31.6 Å². The number of nitrogens with zero attached hydrogens (tertiary/aromatic N) is 3. The van der Waals surface area contributed by atoms with Crippen LogP contribution in [0.4, 0.5) is 0 Å². The number of hydrogen-bond donors (Lipinski definition) is 3. The van der Waals surface area contributed by atoms with Gasteiger partial charge in [0.15, 0.2) is 0 Å². The average molecular weight is 366 g/mol. The summed E-state index contributed by atoms with van der Waals surface area (Å²) in [4.78, 5) is 30.2. The molecule has 1 aromatic carbocycles. The number of fused-ring (bicyclic) bond motifs is 1. The summed E-state index contributed by atoms with van der Waals surface area (Å²) in [7, 11) is 2.15. The maximum absolute atomic E-state index is 12.2. The highest BCUT2D eigenvalue weighted by Crippen LogP contribution is 2.25. The second kappa shape index (κ2) is 7.92. The molecule has 4 rings (SSSR count). The second-order valence-corrected chi connectivity index (χ2v) is 7.35. The molecule has 3 aromatic rings. The largest absolute Gasteiger partial charge is 0.355 e. The highest BCUT2D eigenvalue weighted by molar-refractivity contribution is 5.78. The molecule has 1 amide bonds. The third-order valence-electron chi connectivity index (χ3n) is 5.23. The third kappa shape index (κ3) is 4.36. The zero-order valence-corrected chi connectivity index (χ0v) is 15.7. The van der Waals surface area contributed by atoms with Crippen LogP contribution in [-0.4, -0.2) is 57.4 Å². The molecule has 0 saturated carbocycles. The first-order chi connectivity index (χ1) is 13.2. The van der Waals surface area contributed by atoms with Gasteiger partial charge in [-0.15, -0.1) is 0 Å². The zero-order chi connectivity index (χ0) is 18.6. The van der Waals surface area contributed by atoms with Crippen molar-refractivity contribution in [3.8, 4) is 0 Å². The van der Waals surface area contributed by atoms with Gasteiger partial charge in [0.2, 0.25) is 5.91 Å². The molecule has 7 heteroatoms. The maximum atomic E-state index is 12.2. The number of para-hydroxylation sites is 2.